The molecule has 7 heteroatoms. The molecule has 1 amide bonds. The van der Waals surface area contributed by atoms with Crippen LogP contribution < -0.4 is 10.5 Å². The maximum atomic E-state index is 12.3. The van der Waals surface area contributed by atoms with Crippen LogP contribution in [0.4, 0.5) is 5.69 Å². The molecule has 1 aromatic carbocycles. The number of amides is 1. The van der Waals surface area contributed by atoms with Gasteiger partial charge in [0.2, 0.25) is 0 Å². The zero-order valence-corrected chi connectivity index (χ0v) is 12.2. The molecule has 0 radical (unpaired) electrons. The summed E-state index contributed by atoms with van der Waals surface area (Å²) < 4.78 is 5.10. The van der Waals surface area contributed by atoms with Gasteiger partial charge in [0.05, 0.1) is 23.8 Å². The number of fused-ring (bicyclic) bond motifs is 3. The Morgan fingerprint density at radius 3 is 2.91 bits per heavy atom. The minimum atomic E-state index is -0.662. The lowest BCUT2D eigenvalue weighted by molar-refractivity contribution is -0.138. The first-order valence-electron chi connectivity index (χ1n) is 6.90. The van der Waals surface area contributed by atoms with Crippen LogP contribution in [0.1, 0.15) is 25.3 Å². The summed E-state index contributed by atoms with van der Waals surface area (Å²) in [5.74, 6) is -1.81. The van der Waals surface area contributed by atoms with Crippen LogP contribution in [-0.2, 0) is 14.3 Å². The van der Waals surface area contributed by atoms with Crippen LogP contribution in [0.3, 0.4) is 0 Å². The summed E-state index contributed by atoms with van der Waals surface area (Å²) in [6.07, 6.45) is 0. The van der Waals surface area contributed by atoms with Crippen molar-refractivity contribution in [3.05, 3.63) is 41.1 Å². The number of para-hydroxylation sites is 1. The highest BCUT2D eigenvalue weighted by Gasteiger charge is 2.43. The normalized spacial score (nSPS) is 20.0. The fourth-order valence-electron chi connectivity index (χ4n) is 2.72. The Kier molecular flexibility index (Phi) is 3.42. The Hall–Kier alpha value is -2.67. The molecule has 0 bridgehead atoms. The summed E-state index contributed by atoms with van der Waals surface area (Å²) in [5.41, 5.74) is 4.56. The second-order valence-electron chi connectivity index (χ2n) is 4.98. The first-order chi connectivity index (χ1) is 10.6. The van der Waals surface area contributed by atoms with Crippen molar-refractivity contribution in [2.45, 2.75) is 19.8 Å². The second kappa shape index (κ2) is 5.27. The number of hydroxylamine groups is 1. The lowest BCUT2D eigenvalue weighted by Crippen LogP contribution is -2.46. The zero-order chi connectivity index (χ0) is 15.9. The molecule has 0 fully saturated rings. The Labute approximate surface area is 126 Å². The molecule has 0 spiro atoms. The number of nitrogens with zero attached hydrogens (tertiary/aromatic N) is 2. The maximum absolute atomic E-state index is 12.3. The van der Waals surface area contributed by atoms with Gasteiger partial charge in [-0.05, 0) is 25.5 Å². The maximum Gasteiger partial charge on any atom is 0.336 e. The Morgan fingerprint density at radius 2 is 2.18 bits per heavy atom. The van der Waals surface area contributed by atoms with Gasteiger partial charge in [-0.3, -0.25) is 15.4 Å². The van der Waals surface area contributed by atoms with Crippen LogP contribution in [0, 0.1) is 0 Å². The smallest absolute Gasteiger partial charge is 0.336 e. The topological polar surface area (TPSA) is 91.2 Å². The van der Waals surface area contributed by atoms with Crippen molar-refractivity contribution in [3.63, 3.8) is 0 Å². The van der Waals surface area contributed by atoms with Gasteiger partial charge in [0.15, 0.2) is 0 Å². The summed E-state index contributed by atoms with van der Waals surface area (Å²) >= 11 is 0. The van der Waals surface area contributed by atoms with Crippen LogP contribution >= 0.6 is 0 Å². The van der Waals surface area contributed by atoms with Gasteiger partial charge in [-0.15, -0.1) is 0 Å². The van der Waals surface area contributed by atoms with Crippen LogP contribution in [0.15, 0.2) is 40.6 Å². The number of carbonyl (C=O) groups excluding carboxylic acids is 2. The fourth-order valence-corrected chi connectivity index (χ4v) is 2.72. The third-order valence-electron chi connectivity index (χ3n) is 3.69. The molecule has 2 aliphatic heterocycles. The van der Waals surface area contributed by atoms with Crippen molar-refractivity contribution in [1.29, 1.82) is 0 Å². The van der Waals surface area contributed by atoms with Crippen molar-refractivity contribution >= 4 is 23.3 Å². The van der Waals surface area contributed by atoms with Gasteiger partial charge in [-0.25, -0.2) is 4.79 Å². The van der Waals surface area contributed by atoms with E-state index in [1.807, 2.05) is 0 Å². The van der Waals surface area contributed by atoms with Crippen LogP contribution in [0.2, 0.25) is 0 Å². The predicted octanol–water partition coefficient (Wildman–Crippen LogP) is 1.30. The quantitative estimate of drug-likeness (QED) is 0.634. The Bertz CT molecular complexity index is 723. The summed E-state index contributed by atoms with van der Waals surface area (Å²) in [5, 5.41) is 14.6. The molecule has 114 valence electrons. The van der Waals surface area contributed by atoms with E-state index in [2.05, 4.69) is 10.5 Å². The molecular formula is C15H15N3O4. The fraction of sp³-hybridized carbons (Fsp3) is 0.267. The number of benzene rings is 1. The first kappa shape index (κ1) is 14.3. The van der Waals surface area contributed by atoms with Crippen molar-refractivity contribution < 1.29 is 19.5 Å². The number of hydrogen-bond acceptors (Lipinski definition) is 6. The Balaban J connectivity index is 2.19. The first-order valence-corrected chi connectivity index (χ1v) is 6.90. The third kappa shape index (κ3) is 1.98. The summed E-state index contributed by atoms with van der Waals surface area (Å²) in [6.45, 7) is 3.65. The van der Waals surface area contributed by atoms with Crippen LogP contribution in [-0.4, -0.2) is 29.4 Å². The third-order valence-corrected chi connectivity index (χ3v) is 3.69. The van der Waals surface area contributed by atoms with Gasteiger partial charge in [0.1, 0.15) is 5.71 Å². The van der Waals surface area contributed by atoms with Crippen LogP contribution in [0.25, 0.3) is 0 Å². The lowest BCUT2D eigenvalue weighted by Gasteiger charge is -2.34. The summed E-state index contributed by atoms with van der Waals surface area (Å²) in [4.78, 5) is 24.6. The van der Waals surface area contributed by atoms with E-state index in [4.69, 9.17) is 4.74 Å². The average Bonchev–Trinajstić information content (AvgIpc) is 2.52. The van der Waals surface area contributed by atoms with Gasteiger partial charge < -0.3 is 4.74 Å². The SMILES string of the molecule is CCOC(=O)C1=C(C)NN=C2C(=O)N(O)c3ccccc3C21. The molecule has 0 saturated heterocycles. The molecule has 2 heterocycles. The number of carbonyl (C=O) groups is 2. The number of anilines is 1. The molecule has 0 aliphatic carbocycles. The lowest BCUT2D eigenvalue weighted by atomic mass is 9.81. The number of hydrazone groups is 1. The van der Waals surface area contributed by atoms with Crippen LogP contribution in [0.5, 0.6) is 0 Å². The monoisotopic (exact) mass is 301 g/mol. The van der Waals surface area contributed by atoms with E-state index in [0.29, 0.717) is 27.6 Å². The van der Waals surface area contributed by atoms with E-state index in [-0.39, 0.29) is 12.3 Å². The van der Waals surface area contributed by atoms with Crippen molar-refractivity contribution in [2.24, 2.45) is 5.10 Å². The van der Waals surface area contributed by atoms with E-state index in [9.17, 15) is 14.8 Å². The number of hydrogen-bond donors (Lipinski definition) is 2. The van der Waals surface area contributed by atoms with E-state index < -0.39 is 17.8 Å². The molecule has 1 aromatic rings. The van der Waals surface area contributed by atoms with E-state index in [0.717, 1.165) is 0 Å². The standard InChI is InChI=1S/C15H15N3O4/c1-3-22-15(20)11-8(2)16-17-13-12(11)9-6-4-5-7-10(9)18(21)14(13)19/h4-7,12,16,21H,3H2,1-2H3. The van der Waals surface area contributed by atoms with Gasteiger partial charge in [-0.2, -0.15) is 10.2 Å². The average molecular weight is 301 g/mol. The largest absolute Gasteiger partial charge is 0.463 e. The minimum absolute atomic E-state index is 0.0647. The highest BCUT2D eigenvalue weighted by molar-refractivity contribution is 6.48. The summed E-state index contributed by atoms with van der Waals surface area (Å²) in [7, 11) is 0. The molecular weight excluding hydrogens is 286 g/mol. The minimum Gasteiger partial charge on any atom is -0.463 e. The molecule has 0 aromatic heterocycles. The van der Waals surface area contributed by atoms with Gasteiger partial charge in [-0.1, -0.05) is 18.2 Å². The number of rotatable bonds is 2. The molecule has 0 saturated carbocycles. The van der Waals surface area contributed by atoms with Gasteiger partial charge in [0, 0.05) is 5.70 Å². The van der Waals surface area contributed by atoms with Crippen molar-refractivity contribution in [2.75, 3.05) is 11.7 Å². The predicted molar refractivity (Wildman–Crippen MR) is 78.4 cm³/mol. The van der Waals surface area contributed by atoms with Crippen molar-refractivity contribution in [3.8, 4) is 0 Å². The highest BCUT2D eigenvalue weighted by atomic mass is 16.5. The summed E-state index contributed by atoms with van der Waals surface area (Å²) in [6, 6.07) is 6.85. The number of ether oxygens (including phenoxy) is 1. The second-order valence-corrected chi connectivity index (χ2v) is 4.98. The van der Waals surface area contributed by atoms with Crippen molar-refractivity contribution in [1.82, 2.24) is 5.43 Å². The van der Waals surface area contributed by atoms with Gasteiger partial charge in [0.25, 0.3) is 5.91 Å². The molecule has 3 rings (SSSR count). The number of allylic oxidation sites excluding steroid dienone is 1. The molecule has 7 nitrogen and oxygen atoms in total. The molecule has 2 N–H and O–H groups in total. The van der Waals surface area contributed by atoms with E-state index in [1.165, 1.54) is 0 Å². The molecule has 1 atom stereocenters. The molecule has 1 unspecified atom stereocenters. The molecule has 22 heavy (non-hydrogen) atoms. The highest BCUT2D eigenvalue weighted by Crippen LogP contribution is 2.40. The number of nitrogens with one attached hydrogen (secondary N) is 1. The molecule has 2 aliphatic rings. The Morgan fingerprint density at radius 1 is 1.45 bits per heavy atom. The van der Waals surface area contributed by atoms with E-state index in [1.54, 1.807) is 38.1 Å². The zero-order valence-electron chi connectivity index (χ0n) is 12.2. The van der Waals surface area contributed by atoms with E-state index >= 15 is 0 Å². The number of esters is 1. The van der Waals surface area contributed by atoms with Gasteiger partial charge >= 0.3 is 5.97 Å².